The van der Waals surface area contributed by atoms with E-state index in [1.54, 1.807) is 12.1 Å². The molecule has 1 aromatic heterocycles. The van der Waals surface area contributed by atoms with Crippen LogP contribution in [0.2, 0.25) is 5.02 Å². The number of H-pyrrole nitrogens is 1. The lowest BCUT2D eigenvalue weighted by Gasteiger charge is -2.19. The summed E-state index contributed by atoms with van der Waals surface area (Å²) in [5, 5.41) is 4.70. The Hall–Kier alpha value is -3.11. The van der Waals surface area contributed by atoms with Crippen LogP contribution in [-0.4, -0.2) is 10.9 Å². The van der Waals surface area contributed by atoms with E-state index < -0.39 is 0 Å². The van der Waals surface area contributed by atoms with E-state index in [1.807, 2.05) is 30.5 Å². The number of para-hydroxylation sites is 1. The molecule has 0 bridgehead atoms. The molecule has 3 aromatic carbocycles. The summed E-state index contributed by atoms with van der Waals surface area (Å²) in [5.41, 5.74) is 5.16. The third-order valence-corrected chi connectivity index (χ3v) is 6.01. The number of benzene rings is 3. The first kappa shape index (κ1) is 21.1. The first-order chi connectivity index (χ1) is 15.1. The molecule has 0 saturated carbocycles. The van der Waals surface area contributed by atoms with Gasteiger partial charge in [-0.25, -0.2) is 4.39 Å². The Bertz CT molecular complexity index is 1200. The average Bonchev–Trinajstić information content (AvgIpc) is 3.22. The van der Waals surface area contributed by atoms with Crippen LogP contribution in [0, 0.1) is 5.82 Å². The Kier molecular flexibility index (Phi) is 6.38. The number of aryl methyl sites for hydroxylation is 1. The van der Waals surface area contributed by atoms with Crippen LogP contribution in [-0.2, 0) is 17.8 Å². The number of hydrogen-bond acceptors (Lipinski definition) is 1. The van der Waals surface area contributed by atoms with Gasteiger partial charge in [0.25, 0.3) is 0 Å². The molecule has 0 aliphatic carbocycles. The van der Waals surface area contributed by atoms with Gasteiger partial charge in [0.2, 0.25) is 5.91 Å². The summed E-state index contributed by atoms with van der Waals surface area (Å²) in [5.74, 6) is -0.572. The highest BCUT2D eigenvalue weighted by Gasteiger charge is 2.23. The second-order valence-electron chi connectivity index (χ2n) is 7.62. The van der Waals surface area contributed by atoms with Crippen molar-refractivity contribution in [1.82, 2.24) is 10.3 Å². The van der Waals surface area contributed by atoms with Crippen LogP contribution in [0.25, 0.3) is 10.9 Å². The minimum absolute atomic E-state index is 0.0877. The molecule has 3 nitrogen and oxygen atoms in total. The fraction of sp³-hybridized carbons (Fsp3) is 0.192. The van der Waals surface area contributed by atoms with E-state index in [0.717, 1.165) is 34.0 Å². The van der Waals surface area contributed by atoms with Crippen LogP contribution >= 0.6 is 11.6 Å². The predicted octanol–water partition coefficient (Wildman–Crippen LogP) is 6.36. The zero-order chi connectivity index (χ0) is 21.8. The summed E-state index contributed by atoms with van der Waals surface area (Å²) in [6.45, 7) is 2.48. The summed E-state index contributed by atoms with van der Waals surface area (Å²) in [6.07, 6.45) is 3.17. The summed E-state index contributed by atoms with van der Waals surface area (Å²) in [4.78, 5) is 16.3. The average molecular weight is 435 g/mol. The van der Waals surface area contributed by atoms with Crippen molar-refractivity contribution in [2.75, 3.05) is 0 Å². The number of rotatable bonds is 7. The standard InChI is InChI=1S/C26H24ClFN2O/c1-2-18-6-5-8-21-23(16-30-26(18)21)22(20-7-3-4-9-24(20)27)14-25(31)29-15-17-10-12-19(28)13-11-17/h3-13,16,22,30H,2,14-15H2,1H3,(H,29,31). The fourth-order valence-corrected chi connectivity index (χ4v) is 4.29. The summed E-state index contributed by atoms with van der Waals surface area (Å²) in [7, 11) is 0. The Morgan fingerprint density at radius 2 is 1.81 bits per heavy atom. The maximum Gasteiger partial charge on any atom is 0.221 e. The molecule has 1 unspecified atom stereocenters. The van der Waals surface area contributed by atoms with Gasteiger partial charge in [0.1, 0.15) is 5.82 Å². The number of carbonyl (C=O) groups is 1. The SMILES string of the molecule is CCc1cccc2c(C(CC(=O)NCc3ccc(F)cc3)c3ccccc3Cl)c[nH]c12. The normalized spacial score (nSPS) is 12.1. The third kappa shape index (κ3) is 4.64. The van der Waals surface area contributed by atoms with E-state index in [9.17, 15) is 9.18 Å². The zero-order valence-corrected chi connectivity index (χ0v) is 18.0. The van der Waals surface area contributed by atoms with Gasteiger partial charge < -0.3 is 10.3 Å². The van der Waals surface area contributed by atoms with E-state index in [0.29, 0.717) is 11.6 Å². The summed E-state index contributed by atoms with van der Waals surface area (Å²) < 4.78 is 13.1. The quantitative estimate of drug-likeness (QED) is 0.349. The van der Waals surface area contributed by atoms with Crippen LogP contribution in [0.5, 0.6) is 0 Å². The van der Waals surface area contributed by atoms with Crippen molar-refractivity contribution in [3.8, 4) is 0 Å². The molecule has 0 saturated heterocycles. The first-order valence-corrected chi connectivity index (χ1v) is 10.8. The van der Waals surface area contributed by atoms with E-state index in [-0.39, 0.29) is 24.1 Å². The zero-order valence-electron chi connectivity index (χ0n) is 17.3. The van der Waals surface area contributed by atoms with Crippen molar-refractivity contribution >= 4 is 28.4 Å². The maximum atomic E-state index is 13.1. The van der Waals surface area contributed by atoms with Gasteiger partial charge in [-0.3, -0.25) is 4.79 Å². The number of halogens is 2. The topological polar surface area (TPSA) is 44.9 Å². The first-order valence-electron chi connectivity index (χ1n) is 10.4. The number of nitrogens with one attached hydrogen (secondary N) is 2. The van der Waals surface area contributed by atoms with E-state index in [1.165, 1.54) is 17.7 Å². The van der Waals surface area contributed by atoms with E-state index in [2.05, 4.69) is 35.4 Å². The number of hydrogen-bond donors (Lipinski definition) is 2. The molecule has 158 valence electrons. The van der Waals surface area contributed by atoms with Crippen LogP contribution in [0.15, 0.2) is 72.9 Å². The van der Waals surface area contributed by atoms with Crippen LogP contribution in [0.4, 0.5) is 4.39 Å². The number of amides is 1. The molecular formula is C26H24ClFN2O. The molecule has 4 rings (SSSR count). The van der Waals surface area contributed by atoms with Crippen LogP contribution < -0.4 is 5.32 Å². The number of carbonyl (C=O) groups excluding carboxylic acids is 1. The lowest BCUT2D eigenvalue weighted by molar-refractivity contribution is -0.121. The van der Waals surface area contributed by atoms with Crippen LogP contribution in [0.1, 0.15) is 41.5 Å². The number of aromatic nitrogens is 1. The van der Waals surface area contributed by atoms with Crippen molar-refractivity contribution in [3.05, 3.63) is 106 Å². The maximum absolute atomic E-state index is 13.1. The molecule has 2 N–H and O–H groups in total. The highest BCUT2D eigenvalue weighted by molar-refractivity contribution is 6.31. The summed E-state index contributed by atoms with van der Waals surface area (Å²) >= 11 is 6.54. The van der Waals surface area contributed by atoms with Gasteiger partial charge in [0, 0.05) is 41.0 Å². The minimum Gasteiger partial charge on any atom is -0.361 e. The monoisotopic (exact) mass is 434 g/mol. The van der Waals surface area contributed by atoms with Gasteiger partial charge in [0.05, 0.1) is 0 Å². The fourth-order valence-electron chi connectivity index (χ4n) is 4.03. The van der Waals surface area contributed by atoms with Gasteiger partial charge in [-0.05, 0) is 46.9 Å². The minimum atomic E-state index is -0.292. The van der Waals surface area contributed by atoms with Gasteiger partial charge in [-0.1, -0.05) is 67.1 Å². The largest absolute Gasteiger partial charge is 0.361 e. The third-order valence-electron chi connectivity index (χ3n) is 5.66. The molecule has 1 heterocycles. The second kappa shape index (κ2) is 9.36. The molecule has 0 spiro atoms. The van der Waals surface area contributed by atoms with Crippen molar-refractivity contribution in [3.63, 3.8) is 0 Å². The molecule has 0 radical (unpaired) electrons. The van der Waals surface area contributed by atoms with Gasteiger partial charge >= 0.3 is 0 Å². The van der Waals surface area contributed by atoms with Crippen molar-refractivity contribution < 1.29 is 9.18 Å². The van der Waals surface area contributed by atoms with Gasteiger partial charge in [-0.15, -0.1) is 0 Å². The smallest absolute Gasteiger partial charge is 0.221 e. The van der Waals surface area contributed by atoms with Gasteiger partial charge in [0.15, 0.2) is 0 Å². The predicted molar refractivity (Wildman–Crippen MR) is 124 cm³/mol. The van der Waals surface area contributed by atoms with Crippen LogP contribution in [0.3, 0.4) is 0 Å². The molecule has 4 aromatic rings. The highest BCUT2D eigenvalue weighted by Crippen LogP contribution is 2.37. The molecular weight excluding hydrogens is 411 g/mol. The molecule has 0 aliphatic heterocycles. The Balaban J connectivity index is 1.64. The molecule has 0 aliphatic rings. The molecule has 1 amide bonds. The Morgan fingerprint density at radius 1 is 1.03 bits per heavy atom. The van der Waals surface area contributed by atoms with Gasteiger partial charge in [-0.2, -0.15) is 0 Å². The van der Waals surface area contributed by atoms with Crippen molar-refractivity contribution in [1.29, 1.82) is 0 Å². The lowest BCUT2D eigenvalue weighted by Crippen LogP contribution is -2.25. The number of fused-ring (bicyclic) bond motifs is 1. The van der Waals surface area contributed by atoms with Crippen molar-refractivity contribution in [2.45, 2.75) is 32.2 Å². The van der Waals surface area contributed by atoms with E-state index in [4.69, 9.17) is 11.6 Å². The number of aromatic amines is 1. The Labute approximate surface area is 186 Å². The molecule has 31 heavy (non-hydrogen) atoms. The Morgan fingerprint density at radius 3 is 2.55 bits per heavy atom. The van der Waals surface area contributed by atoms with E-state index >= 15 is 0 Å². The second-order valence-corrected chi connectivity index (χ2v) is 8.03. The van der Waals surface area contributed by atoms with Crippen molar-refractivity contribution in [2.24, 2.45) is 0 Å². The molecule has 1 atom stereocenters. The lowest BCUT2D eigenvalue weighted by atomic mass is 9.87. The molecule has 0 fully saturated rings. The summed E-state index contributed by atoms with van der Waals surface area (Å²) in [6, 6.07) is 20.0. The molecule has 5 heteroatoms. The highest BCUT2D eigenvalue weighted by atomic mass is 35.5.